The second kappa shape index (κ2) is 4.96. The first-order valence-corrected chi connectivity index (χ1v) is 8.22. The summed E-state index contributed by atoms with van der Waals surface area (Å²) in [4.78, 5) is 19.8. The summed E-state index contributed by atoms with van der Waals surface area (Å²) in [5, 5.41) is 4.12. The van der Waals surface area contributed by atoms with E-state index in [9.17, 15) is 4.79 Å². The van der Waals surface area contributed by atoms with Gasteiger partial charge in [0, 0.05) is 36.4 Å². The number of carbonyl (C=O) groups is 1. The molecule has 2 saturated heterocycles. The predicted octanol–water partition coefficient (Wildman–Crippen LogP) is 1.85. The molecule has 4 rings (SSSR count). The second-order valence-corrected chi connectivity index (χ2v) is 6.88. The minimum Gasteiger partial charge on any atom is -0.397 e. The maximum Gasteiger partial charge on any atom is 0.263 e. The van der Waals surface area contributed by atoms with Crippen molar-refractivity contribution >= 4 is 33.0 Å². The molecule has 3 N–H and O–H groups in total. The molecule has 4 heterocycles. The van der Waals surface area contributed by atoms with Gasteiger partial charge in [-0.3, -0.25) is 14.7 Å². The Morgan fingerprint density at radius 2 is 2.33 bits per heavy atom. The molecule has 0 aromatic carbocycles. The largest absolute Gasteiger partial charge is 0.397 e. The van der Waals surface area contributed by atoms with Crippen LogP contribution < -0.4 is 11.1 Å². The van der Waals surface area contributed by atoms with Crippen molar-refractivity contribution in [1.82, 2.24) is 15.2 Å². The summed E-state index contributed by atoms with van der Waals surface area (Å²) in [5.41, 5.74) is 6.71. The molecule has 2 aliphatic rings. The van der Waals surface area contributed by atoms with Crippen LogP contribution in [-0.4, -0.2) is 41.0 Å². The average molecular weight is 302 g/mol. The van der Waals surface area contributed by atoms with E-state index in [-0.39, 0.29) is 11.9 Å². The van der Waals surface area contributed by atoms with E-state index in [0.717, 1.165) is 23.1 Å². The summed E-state index contributed by atoms with van der Waals surface area (Å²) in [6.07, 6.45) is 6.95. The van der Waals surface area contributed by atoms with Crippen LogP contribution >= 0.6 is 11.3 Å². The molecule has 6 heteroatoms. The lowest BCUT2D eigenvalue weighted by atomic mass is 10.1. The van der Waals surface area contributed by atoms with Crippen molar-refractivity contribution in [1.29, 1.82) is 0 Å². The van der Waals surface area contributed by atoms with Crippen LogP contribution in [0.25, 0.3) is 10.1 Å². The van der Waals surface area contributed by atoms with Gasteiger partial charge in [-0.1, -0.05) is 0 Å². The summed E-state index contributed by atoms with van der Waals surface area (Å²) in [6, 6.07) is 2.65. The zero-order chi connectivity index (χ0) is 14.4. The van der Waals surface area contributed by atoms with E-state index in [1.54, 1.807) is 12.4 Å². The van der Waals surface area contributed by atoms with Crippen LogP contribution in [0.15, 0.2) is 18.5 Å². The summed E-state index contributed by atoms with van der Waals surface area (Å²) >= 11 is 1.43. The molecule has 2 atom stereocenters. The van der Waals surface area contributed by atoms with Gasteiger partial charge in [0.15, 0.2) is 0 Å². The summed E-state index contributed by atoms with van der Waals surface area (Å²) in [6.45, 7) is 2.27. The molecule has 2 aromatic heterocycles. The Balaban J connectivity index is 1.58. The topological polar surface area (TPSA) is 71.2 Å². The summed E-state index contributed by atoms with van der Waals surface area (Å²) < 4.78 is 0.967. The minimum atomic E-state index is -0.0348. The molecule has 110 valence electrons. The zero-order valence-electron chi connectivity index (χ0n) is 11.7. The quantitative estimate of drug-likeness (QED) is 0.888. The molecule has 0 aliphatic carbocycles. The highest BCUT2D eigenvalue weighted by molar-refractivity contribution is 7.21. The van der Waals surface area contributed by atoms with Crippen molar-refractivity contribution < 1.29 is 4.79 Å². The van der Waals surface area contributed by atoms with Gasteiger partial charge in [0.1, 0.15) is 4.88 Å². The van der Waals surface area contributed by atoms with Crippen molar-refractivity contribution in [3.05, 3.63) is 23.3 Å². The van der Waals surface area contributed by atoms with Crippen LogP contribution in [0.4, 0.5) is 5.69 Å². The Bertz CT molecular complexity index is 698. The van der Waals surface area contributed by atoms with Gasteiger partial charge in [0.2, 0.25) is 0 Å². The molecular weight excluding hydrogens is 284 g/mol. The molecule has 2 fully saturated rings. The summed E-state index contributed by atoms with van der Waals surface area (Å²) in [5.74, 6) is -0.0348. The fraction of sp³-hybridized carbons (Fsp3) is 0.467. The monoisotopic (exact) mass is 302 g/mol. The molecule has 21 heavy (non-hydrogen) atoms. The van der Waals surface area contributed by atoms with E-state index in [0.29, 0.717) is 16.6 Å². The van der Waals surface area contributed by atoms with Gasteiger partial charge in [-0.15, -0.1) is 11.3 Å². The van der Waals surface area contributed by atoms with E-state index >= 15 is 0 Å². The highest BCUT2D eigenvalue weighted by Crippen LogP contribution is 2.33. The van der Waals surface area contributed by atoms with Crippen molar-refractivity contribution in [2.24, 2.45) is 0 Å². The lowest BCUT2D eigenvalue weighted by molar-refractivity contribution is 0.0934. The number of nitrogens with two attached hydrogens (primary N) is 1. The summed E-state index contributed by atoms with van der Waals surface area (Å²) in [7, 11) is 0. The third-order valence-electron chi connectivity index (χ3n) is 4.66. The fourth-order valence-electron chi connectivity index (χ4n) is 3.62. The zero-order valence-corrected chi connectivity index (χ0v) is 12.5. The number of fused-ring (bicyclic) bond motifs is 2. The Kier molecular flexibility index (Phi) is 3.08. The molecule has 0 bridgehead atoms. The number of amides is 1. The minimum absolute atomic E-state index is 0.0348. The lowest BCUT2D eigenvalue weighted by Gasteiger charge is -2.21. The van der Waals surface area contributed by atoms with Gasteiger partial charge in [0.25, 0.3) is 5.91 Å². The second-order valence-electron chi connectivity index (χ2n) is 5.83. The highest BCUT2D eigenvalue weighted by atomic mass is 32.1. The first-order chi connectivity index (χ1) is 10.2. The number of hydrogen-bond acceptors (Lipinski definition) is 5. The standard InChI is InChI=1S/C15H18N4OS/c16-13-9-3-5-17-8-12(9)21-14(13)15(20)18-10-4-7-19-6-1-2-11(10)19/h3,5,8,10-11H,1-2,4,6-7,16H2,(H,18,20). The van der Waals surface area contributed by atoms with E-state index in [1.165, 1.54) is 30.7 Å². The molecular formula is C15H18N4OS. The number of aromatic nitrogens is 1. The van der Waals surface area contributed by atoms with Crippen LogP contribution in [0.1, 0.15) is 28.9 Å². The normalized spacial score (nSPS) is 25.3. The average Bonchev–Trinajstić information content (AvgIpc) is 3.16. The lowest BCUT2D eigenvalue weighted by Crippen LogP contribution is -2.42. The highest BCUT2D eigenvalue weighted by Gasteiger charge is 2.38. The molecule has 2 aliphatic heterocycles. The van der Waals surface area contributed by atoms with Gasteiger partial charge in [0.05, 0.1) is 10.4 Å². The van der Waals surface area contributed by atoms with E-state index in [1.807, 2.05) is 6.07 Å². The Hall–Kier alpha value is -1.66. The number of hydrogen-bond donors (Lipinski definition) is 2. The van der Waals surface area contributed by atoms with Gasteiger partial charge in [-0.05, 0) is 31.9 Å². The van der Waals surface area contributed by atoms with Crippen molar-refractivity contribution in [3.8, 4) is 0 Å². The van der Waals surface area contributed by atoms with E-state index in [2.05, 4.69) is 15.2 Å². The number of pyridine rings is 1. The molecule has 5 nitrogen and oxygen atoms in total. The maximum absolute atomic E-state index is 12.6. The maximum atomic E-state index is 12.6. The van der Waals surface area contributed by atoms with Crippen LogP contribution in [0.5, 0.6) is 0 Å². The van der Waals surface area contributed by atoms with Crippen molar-refractivity contribution in [2.75, 3.05) is 18.8 Å². The van der Waals surface area contributed by atoms with Crippen LogP contribution in [0, 0.1) is 0 Å². The fourth-order valence-corrected chi connectivity index (χ4v) is 4.62. The number of nitrogens with one attached hydrogen (secondary N) is 1. The van der Waals surface area contributed by atoms with Crippen LogP contribution in [0.2, 0.25) is 0 Å². The first-order valence-electron chi connectivity index (χ1n) is 7.41. The van der Waals surface area contributed by atoms with Gasteiger partial charge < -0.3 is 11.1 Å². The van der Waals surface area contributed by atoms with Gasteiger partial charge >= 0.3 is 0 Å². The molecule has 0 saturated carbocycles. The van der Waals surface area contributed by atoms with E-state index in [4.69, 9.17) is 5.73 Å². The van der Waals surface area contributed by atoms with Crippen molar-refractivity contribution in [2.45, 2.75) is 31.3 Å². The smallest absolute Gasteiger partial charge is 0.263 e. The number of thiophene rings is 1. The van der Waals surface area contributed by atoms with Gasteiger partial charge in [-0.25, -0.2) is 0 Å². The first kappa shape index (κ1) is 13.0. The number of anilines is 1. The number of carbonyl (C=O) groups excluding carboxylic acids is 1. The van der Waals surface area contributed by atoms with Crippen LogP contribution in [0.3, 0.4) is 0 Å². The number of nitrogen functional groups attached to an aromatic ring is 1. The SMILES string of the molecule is Nc1c(C(=O)NC2CCN3CCCC23)sc2cnccc12. The molecule has 2 unspecified atom stereocenters. The van der Waals surface area contributed by atoms with Crippen molar-refractivity contribution in [3.63, 3.8) is 0 Å². The Labute approximate surface area is 127 Å². The Morgan fingerprint density at radius 3 is 3.19 bits per heavy atom. The predicted molar refractivity (Wildman–Crippen MR) is 84.5 cm³/mol. The molecule has 0 radical (unpaired) electrons. The molecule has 2 aromatic rings. The Morgan fingerprint density at radius 1 is 1.43 bits per heavy atom. The molecule has 0 spiro atoms. The molecule has 1 amide bonds. The van der Waals surface area contributed by atoms with E-state index < -0.39 is 0 Å². The third kappa shape index (κ3) is 2.10. The van der Waals surface area contributed by atoms with Gasteiger partial charge in [-0.2, -0.15) is 0 Å². The number of rotatable bonds is 2. The number of nitrogens with zero attached hydrogens (tertiary/aromatic N) is 2. The third-order valence-corrected chi connectivity index (χ3v) is 5.81. The van der Waals surface area contributed by atoms with Crippen LogP contribution in [-0.2, 0) is 0 Å².